The Labute approximate surface area is 88.7 Å². The minimum Gasteiger partial charge on any atom is -0.478 e. The molecule has 0 fully saturated rings. The summed E-state index contributed by atoms with van der Waals surface area (Å²) in [6, 6.07) is 3.46. The molecule has 1 aromatic heterocycles. The standard InChI is InChI=1S/C11H14N2O2/c1-3-8(2)12-7-10-5-4-9(6-13-10)11(14)15/h3-6,8,12H,1,7H2,2H3,(H,14,15). The number of hydrogen-bond donors (Lipinski definition) is 2. The van der Waals surface area contributed by atoms with Gasteiger partial charge < -0.3 is 10.4 Å². The maximum absolute atomic E-state index is 10.6. The second kappa shape index (κ2) is 5.26. The summed E-state index contributed by atoms with van der Waals surface area (Å²) >= 11 is 0. The predicted molar refractivity (Wildman–Crippen MR) is 57.7 cm³/mol. The first-order valence-electron chi connectivity index (χ1n) is 4.67. The zero-order chi connectivity index (χ0) is 11.3. The molecule has 0 spiro atoms. The topological polar surface area (TPSA) is 62.2 Å². The van der Waals surface area contributed by atoms with Crippen LogP contribution < -0.4 is 5.32 Å². The van der Waals surface area contributed by atoms with Crippen molar-refractivity contribution in [3.05, 3.63) is 42.2 Å². The number of pyridine rings is 1. The molecule has 1 unspecified atom stereocenters. The van der Waals surface area contributed by atoms with Crippen LogP contribution in [0.4, 0.5) is 0 Å². The van der Waals surface area contributed by atoms with Gasteiger partial charge in [-0.05, 0) is 19.1 Å². The fourth-order valence-electron chi connectivity index (χ4n) is 1.00. The lowest BCUT2D eigenvalue weighted by Crippen LogP contribution is -2.23. The van der Waals surface area contributed by atoms with E-state index < -0.39 is 5.97 Å². The first kappa shape index (κ1) is 11.4. The molecular formula is C11H14N2O2. The summed E-state index contributed by atoms with van der Waals surface area (Å²) in [6.45, 7) is 6.24. The maximum atomic E-state index is 10.6. The Hall–Kier alpha value is -1.68. The Morgan fingerprint density at radius 1 is 1.73 bits per heavy atom. The average Bonchev–Trinajstić information content (AvgIpc) is 2.26. The van der Waals surface area contributed by atoms with Crippen LogP contribution in [0.5, 0.6) is 0 Å². The Kier molecular flexibility index (Phi) is 4.00. The summed E-state index contributed by atoms with van der Waals surface area (Å²) < 4.78 is 0. The van der Waals surface area contributed by atoms with Crippen molar-refractivity contribution >= 4 is 5.97 Å². The lowest BCUT2D eigenvalue weighted by Gasteiger charge is -2.08. The van der Waals surface area contributed by atoms with Crippen LogP contribution in [0.2, 0.25) is 0 Å². The molecule has 0 radical (unpaired) electrons. The number of carboxylic acid groups (broad SMARTS) is 1. The largest absolute Gasteiger partial charge is 0.478 e. The molecule has 0 aliphatic carbocycles. The van der Waals surface area contributed by atoms with Crippen LogP contribution in [0.3, 0.4) is 0 Å². The molecule has 15 heavy (non-hydrogen) atoms. The highest BCUT2D eigenvalue weighted by molar-refractivity contribution is 5.87. The number of nitrogens with one attached hydrogen (secondary N) is 1. The van der Waals surface area contributed by atoms with Gasteiger partial charge in [-0.15, -0.1) is 6.58 Å². The molecule has 4 nitrogen and oxygen atoms in total. The molecule has 0 aromatic carbocycles. The van der Waals surface area contributed by atoms with E-state index in [4.69, 9.17) is 5.11 Å². The van der Waals surface area contributed by atoms with E-state index >= 15 is 0 Å². The third-order valence-corrected chi connectivity index (χ3v) is 2.03. The smallest absolute Gasteiger partial charge is 0.337 e. The third-order valence-electron chi connectivity index (χ3n) is 2.03. The highest BCUT2D eigenvalue weighted by Crippen LogP contribution is 2.00. The molecule has 0 aliphatic rings. The quantitative estimate of drug-likeness (QED) is 0.716. The van der Waals surface area contributed by atoms with Crippen LogP contribution in [0.1, 0.15) is 23.0 Å². The molecule has 1 rings (SSSR count). The summed E-state index contributed by atoms with van der Waals surface area (Å²) in [5.41, 5.74) is 1.02. The van der Waals surface area contributed by atoms with Crippen molar-refractivity contribution in [3.8, 4) is 0 Å². The maximum Gasteiger partial charge on any atom is 0.337 e. The lowest BCUT2D eigenvalue weighted by molar-refractivity contribution is 0.0696. The molecule has 2 N–H and O–H groups in total. The molecule has 4 heteroatoms. The van der Waals surface area contributed by atoms with E-state index in [-0.39, 0.29) is 11.6 Å². The normalized spacial score (nSPS) is 12.1. The van der Waals surface area contributed by atoms with Crippen molar-refractivity contribution in [2.45, 2.75) is 19.5 Å². The molecule has 1 aromatic rings. The van der Waals surface area contributed by atoms with E-state index in [0.717, 1.165) is 5.69 Å². The van der Waals surface area contributed by atoms with E-state index in [0.29, 0.717) is 6.54 Å². The fourth-order valence-corrected chi connectivity index (χ4v) is 1.00. The van der Waals surface area contributed by atoms with Crippen molar-refractivity contribution in [2.24, 2.45) is 0 Å². The van der Waals surface area contributed by atoms with Gasteiger partial charge >= 0.3 is 5.97 Å². The molecule has 1 heterocycles. The van der Waals surface area contributed by atoms with Gasteiger partial charge in [0.15, 0.2) is 0 Å². The SMILES string of the molecule is C=CC(C)NCc1ccc(C(=O)O)cn1. The molecule has 0 aliphatic heterocycles. The average molecular weight is 206 g/mol. The van der Waals surface area contributed by atoms with Crippen molar-refractivity contribution in [3.63, 3.8) is 0 Å². The van der Waals surface area contributed by atoms with Gasteiger partial charge in [0.05, 0.1) is 11.3 Å². The highest BCUT2D eigenvalue weighted by atomic mass is 16.4. The third kappa shape index (κ3) is 3.52. The predicted octanol–water partition coefficient (Wildman–Crippen LogP) is 1.44. The summed E-state index contributed by atoms with van der Waals surface area (Å²) in [4.78, 5) is 14.6. The second-order valence-electron chi connectivity index (χ2n) is 3.25. The van der Waals surface area contributed by atoms with Crippen LogP contribution in [0.15, 0.2) is 31.0 Å². The van der Waals surface area contributed by atoms with Crippen molar-refractivity contribution in [2.75, 3.05) is 0 Å². The summed E-state index contributed by atoms with van der Waals surface area (Å²) in [5, 5.41) is 11.8. The fraction of sp³-hybridized carbons (Fsp3) is 0.273. The van der Waals surface area contributed by atoms with Crippen LogP contribution in [0.25, 0.3) is 0 Å². The van der Waals surface area contributed by atoms with Gasteiger partial charge in [-0.25, -0.2) is 4.79 Å². The van der Waals surface area contributed by atoms with Gasteiger partial charge in [0.2, 0.25) is 0 Å². The molecule has 0 saturated carbocycles. The van der Waals surface area contributed by atoms with E-state index in [1.165, 1.54) is 6.20 Å². The van der Waals surface area contributed by atoms with Crippen LogP contribution in [-0.4, -0.2) is 22.1 Å². The number of aromatic carboxylic acids is 1. The number of carboxylic acids is 1. The molecule has 0 amide bonds. The number of aromatic nitrogens is 1. The van der Waals surface area contributed by atoms with E-state index in [2.05, 4.69) is 16.9 Å². The van der Waals surface area contributed by atoms with E-state index in [1.54, 1.807) is 18.2 Å². The Bertz CT molecular complexity index is 346. The Morgan fingerprint density at radius 3 is 2.93 bits per heavy atom. The Morgan fingerprint density at radius 2 is 2.47 bits per heavy atom. The summed E-state index contributed by atoms with van der Waals surface area (Å²) in [7, 11) is 0. The van der Waals surface area contributed by atoms with Gasteiger partial charge in [0, 0.05) is 18.8 Å². The molecule has 0 bridgehead atoms. The van der Waals surface area contributed by atoms with Crippen LogP contribution in [-0.2, 0) is 6.54 Å². The summed E-state index contributed by atoms with van der Waals surface area (Å²) in [6.07, 6.45) is 3.16. The van der Waals surface area contributed by atoms with Crippen molar-refractivity contribution in [1.82, 2.24) is 10.3 Å². The van der Waals surface area contributed by atoms with Gasteiger partial charge in [-0.3, -0.25) is 4.98 Å². The minimum atomic E-state index is -0.957. The van der Waals surface area contributed by atoms with E-state index in [1.807, 2.05) is 6.92 Å². The highest BCUT2D eigenvalue weighted by Gasteiger charge is 2.03. The van der Waals surface area contributed by atoms with Gasteiger partial charge in [0.1, 0.15) is 0 Å². The second-order valence-corrected chi connectivity index (χ2v) is 3.25. The first-order valence-corrected chi connectivity index (χ1v) is 4.67. The Balaban J connectivity index is 2.57. The monoisotopic (exact) mass is 206 g/mol. The zero-order valence-electron chi connectivity index (χ0n) is 8.60. The first-order chi connectivity index (χ1) is 7.13. The van der Waals surface area contributed by atoms with Crippen LogP contribution >= 0.6 is 0 Å². The molecular weight excluding hydrogens is 192 g/mol. The van der Waals surface area contributed by atoms with Crippen molar-refractivity contribution < 1.29 is 9.90 Å². The van der Waals surface area contributed by atoms with Gasteiger partial charge in [-0.1, -0.05) is 6.08 Å². The minimum absolute atomic E-state index is 0.204. The lowest BCUT2D eigenvalue weighted by atomic mass is 10.2. The number of rotatable bonds is 5. The molecule has 0 saturated heterocycles. The zero-order valence-corrected chi connectivity index (χ0v) is 8.60. The number of nitrogens with zero attached hydrogens (tertiary/aromatic N) is 1. The molecule has 1 atom stereocenters. The van der Waals surface area contributed by atoms with Crippen molar-refractivity contribution in [1.29, 1.82) is 0 Å². The number of carbonyl (C=O) groups is 1. The van der Waals surface area contributed by atoms with Crippen LogP contribution in [0, 0.1) is 0 Å². The summed E-state index contributed by atoms with van der Waals surface area (Å²) in [5.74, 6) is -0.957. The van der Waals surface area contributed by atoms with Gasteiger partial charge in [0.25, 0.3) is 0 Å². The van der Waals surface area contributed by atoms with Gasteiger partial charge in [-0.2, -0.15) is 0 Å². The van der Waals surface area contributed by atoms with E-state index in [9.17, 15) is 4.79 Å². The number of hydrogen-bond acceptors (Lipinski definition) is 3. The molecule has 80 valence electrons.